The smallest absolute Gasteiger partial charge is 0.351 e. The lowest BCUT2D eigenvalue weighted by atomic mass is 10.0. The van der Waals surface area contributed by atoms with E-state index in [1.807, 2.05) is 18.2 Å². The fourth-order valence-corrected chi connectivity index (χ4v) is 3.15. The van der Waals surface area contributed by atoms with Gasteiger partial charge in [-0.2, -0.15) is 0 Å². The monoisotopic (exact) mass is 349 g/mol. The zero-order valence-corrected chi connectivity index (χ0v) is 15.5. The highest BCUT2D eigenvalue weighted by Crippen LogP contribution is 2.31. The van der Waals surface area contributed by atoms with Crippen molar-refractivity contribution in [3.63, 3.8) is 0 Å². The zero-order valence-electron chi connectivity index (χ0n) is 14.7. The highest BCUT2D eigenvalue weighted by atomic mass is 32.2. The maximum atomic E-state index is 12.3. The third-order valence-electron chi connectivity index (χ3n) is 3.75. The van der Waals surface area contributed by atoms with E-state index in [0.717, 1.165) is 29.7 Å². The molecule has 1 N–H and O–H groups in total. The van der Waals surface area contributed by atoms with Gasteiger partial charge < -0.3 is 14.8 Å². The molecule has 24 heavy (non-hydrogen) atoms. The van der Waals surface area contributed by atoms with Gasteiger partial charge in [-0.05, 0) is 30.2 Å². The summed E-state index contributed by atoms with van der Waals surface area (Å²) in [5.74, 6) is -2.57. The predicted octanol–water partition coefficient (Wildman–Crippen LogP) is 3.63. The number of anilines is 1. The summed E-state index contributed by atoms with van der Waals surface area (Å²) >= 11 is 1.28. The molecular formula is C18H23NO4S. The summed E-state index contributed by atoms with van der Waals surface area (Å²) in [5, 5.41) is 3.71. The summed E-state index contributed by atoms with van der Waals surface area (Å²) in [7, 11) is 0. The van der Waals surface area contributed by atoms with Crippen molar-refractivity contribution < 1.29 is 19.1 Å². The Morgan fingerprint density at radius 2 is 1.58 bits per heavy atom. The average molecular weight is 349 g/mol. The Hall–Kier alpha value is -1.95. The van der Waals surface area contributed by atoms with Crippen LogP contribution in [-0.2, 0) is 31.9 Å². The van der Waals surface area contributed by atoms with Gasteiger partial charge in [-0.15, -0.1) is 11.8 Å². The van der Waals surface area contributed by atoms with E-state index in [9.17, 15) is 9.59 Å². The second-order valence-corrected chi connectivity index (χ2v) is 6.69. The molecule has 6 heteroatoms. The van der Waals surface area contributed by atoms with Crippen molar-refractivity contribution >= 4 is 29.4 Å². The van der Waals surface area contributed by atoms with Gasteiger partial charge in [0, 0.05) is 19.5 Å². The lowest BCUT2D eigenvalue weighted by Gasteiger charge is -2.31. The highest BCUT2D eigenvalue weighted by Gasteiger charge is 2.41. The van der Waals surface area contributed by atoms with E-state index in [1.165, 1.54) is 25.6 Å². The van der Waals surface area contributed by atoms with Crippen molar-refractivity contribution in [1.29, 1.82) is 0 Å². The molecule has 0 radical (unpaired) electrons. The minimum Gasteiger partial charge on any atom is -0.419 e. The van der Waals surface area contributed by atoms with Crippen molar-refractivity contribution in [2.75, 3.05) is 11.6 Å². The molecule has 1 saturated heterocycles. The third-order valence-corrected chi connectivity index (χ3v) is 4.47. The van der Waals surface area contributed by atoms with Crippen molar-refractivity contribution in [3.05, 3.63) is 39.9 Å². The second-order valence-electron chi connectivity index (χ2n) is 5.87. The van der Waals surface area contributed by atoms with Crippen LogP contribution in [0.4, 0.5) is 5.69 Å². The van der Waals surface area contributed by atoms with Crippen LogP contribution in [0, 0.1) is 0 Å². The Labute approximate surface area is 146 Å². The molecule has 1 heterocycles. The van der Waals surface area contributed by atoms with E-state index >= 15 is 0 Å². The Morgan fingerprint density at radius 3 is 2.00 bits per heavy atom. The number of hydrogen-bond acceptors (Lipinski definition) is 6. The first-order valence-corrected chi connectivity index (χ1v) is 9.18. The van der Waals surface area contributed by atoms with Crippen LogP contribution >= 0.6 is 11.8 Å². The lowest BCUT2D eigenvalue weighted by Crippen LogP contribution is -2.42. The Bertz CT molecular complexity index is 650. The van der Waals surface area contributed by atoms with Crippen LogP contribution in [0.5, 0.6) is 0 Å². The molecule has 0 atom stereocenters. The van der Waals surface area contributed by atoms with Crippen LogP contribution < -0.4 is 5.32 Å². The van der Waals surface area contributed by atoms with Gasteiger partial charge in [-0.25, -0.2) is 9.59 Å². The zero-order chi connectivity index (χ0) is 17.9. The minimum atomic E-state index is -1.24. The normalized spacial score (nSPS) is 16.5. The Morgan fingerprint density at radius 1 is 1.08 bits per heavy atom. The number of thioether (sulfide) groups is 1. The number of benzene rings is 1. The number of ether oxygens (including phenoxy) is 2. The number of para-hydroxylation sites is 1. The van der Waals surface area contributed by atoms with Gasteiger partial charge in [0.05, 0.1) is 5.03 Å². The quantitative estimate of drug-likeness (QED) is 0.497. The van der Waals surface area contributed by atoms with E-state index in [1.54, 1.807) is 6.26 Å². The van der Waals surface area contributed by atoms with E-state index < -0.39 is 17.7 Å². The van der Waals surface area contributed by atoms with Gasteiger partial charge in [0.2, 0.25) is 0 Å². The molecule has 0 aromatic heterocycles. The SMILES string of the molecule is CCc1cccc(CC)c1NC(SC)=C1C(=O)OC(C)(C)OC1=O. The van der Waals surface area contributed by atoms with E-state index in [0.29, 0.717) is 5.03 Å². The summed E-state index contributed by atoms with van der Waals surface area (Å²) in [6, 6.07) is 6.08. The number of esters is 2. The Kier molecular flexibility index (Phi) is 5.59. The molecule has 0 bridgehead atoms. The highest BCUT2D eigenvalue weighted by molar-refractivity contribution is 8.02. The van der Waals surface area contributed by atoms with Gasteiger partial charge in [0.1, 0.15) is 0 Å². The molecular weight excluding hydrogens is 326 g/mol. The van der Waals surface area contributed by atoms with E-state index in [2.05, 4.69) is 19.2 Å². The fourth-order valence-electron chi connectivity index (χ4n) is 2.57. The van der Waals surface area contributed by atoms with Crippen molar-refractivity contribution in [3.8, 4) is 0 Å². The van der Waals surface area contributed by atoms with Crippen molar-refractivity contribution in [2.45, 2.75) is 46.3 Å². The van der Waals surface area contributed by atoms with Crippen LogP contribution in [0.2, 0.25) is 0 Å². The first-order valence-electron chi connectivity index (χ1n) is 7.95. The molecule has 0 amide bonds. The molecule has 1 aliphatic rings. The average Bonchev–Trinajstić information content (AvgIpc) is 2.51. The largest absolute Gasteiger partial charge is 0.419 e. The molecule has 130 valence electrons. The lowest BCUT2D eigenvalue weighted by molar-refractivity contribution is -0.222. The van der Waals surface area contributed by atoms with Crippen molar-refractivity contribution in [2.24, 2.45) is 0 Å². The first-order chi connectivity index (χ1) is 11.3. The molecule has 1 aliphatic heterocycles. The van der Waals surface area contributed by atoms with Crippen LogP contribution in [0.1, 0.15) is 38.8 Å². The summed E-state index contributed by atoms with van der Waals surface area (Å²) in [6.07, 6.45) is 3.49. The maximum absolute atomic E-state index is 12.3. The van der Waals surface area contributed by atoms with Gasteiger partial charge in [0.15, 0.2) is 5.57 Å². The maximum Gasteiger partial charge on any atom is 0.351 e. The third kappa shape index (κ3) is 3.75. The van der Waals surface area contributed by atoms with Crippen LogP contribution in [-0.4, -0.2) is 24.0 Å². The van der Waals surface area contributed by atoms with Crippen LogP contribution in [0.3, 0.4) is 0 Å². The minimum absolute atomic E-state index is 0.0882. The molecule has 0 unspecified atom stereocenters. The summed E-state index contributed by atoms with van der Waals surface area (Å²) < 4.78 is 10.4. The summed E-state index contributed by atoms with van der Waals surface area (Å²) in [5.41, 5.74) is 3.10. The van der Waals surface area contributed by atoms with E-state index in [-0.39, 0.29) is 5.57 Å². The molecule has 0 spiro atoms. The van der Waals surface area contributed by atoms with Gasteiger partial charge >= 0.3 is 11.9 Å². The standard InChI is InChI=1S/C18H23NO4S/c1-6-11-9-8-10-12(7-2)14(11)19-15(24-5)13-16(20)22-18(3,4)23-17(13)21/h8-10,19H,6-7H2,1-5H3. The number of rotatable bonds is 5. The number of carbonyl (C=O) groups excluding carboxylic acids is 2. The Balaban J connectivity index is 2.47. The molecule has 1 aromatic rings. The number of hydrogen-bond donors (Lipinski definition) is 1. The van der Waals surface area contributed by atoms with Crippen LogP contribution in [0.15, 0.2) is 28.8 Å². The number of aryl methyl sites for hydroxylation is 2. The molecule has 1 aromatic carbocycles. The first kappa shape index (κ1) is 18.4. The van der Waals surface area contributed by atoms with Crippen molar-refractivity contribution in [1.82, 2.24) is 0 Å². The summed E-state index contributed by atoms with van der Waals surface area (Å²) in [4.78, 5) is 24.6. The molecule has 5 nitrogen and oxygen atoms in total. The number of cyclic esters (lactones) is 2. The second kappa shape index (κ2) is 7.30. The predicted molar refractivity (Wildman–Crippen MR) is 95.6 cm³/mol. The van der Waals surface area contributed by atoms with Crippen LogP contribution in [0.25, 0.3) is 0 Å². The summed E-state index contributed by atoms with van der Waals surface area (Å²) in [6.45, 7) is 7.20. The number of nitrogens with one attached hydrogen (secondary N) is 1. The number of carbonyl (C=O) groups is 2. The fraction of sp³-hybridized carbons (Fsp3) is 0.444. The molecule has 1 fully saturated rings. The van der Waals surface area contributed by atoms with E-state index in [4.69, 9.17) is 9.47 Å². The van der Waals surface area contributed by atoms with Gasteiger partial charge in [0.25, 0.3) is 5.79 Å². The van der Waals surface area contributed by atoms with Gasteiger partial charge in [-0.3, -0.25) is 0 Å². The molecule has 0 aliphatic carbocycles. The van der Waals surface area contributed by atoms with Gasteiger partial charge in [-0.1, -0.05) is 32.0 Å². The molecule has 0 saturated carbocycles. The molecule has 2 rings (SSSR count). The topological polar surface area (TPSA) is 64.6 Å².